The maximum Gasteiger partial charge on any atom is 0.326 e. The molecule has 1 amide bonds. The van der Waals surface area contributed by atoms with Gasteiger partial charge in [0.05, 0.1) is 0 Å². The normalized spacial score (nSPS) is 11.7. The van der Waals surface area contributed by atoms with Crippen LogP contribution in [-0.2, 0) is 11.2 Å². The predicted molar refractivity (Wildman–Crippen MR) is 80.2 cm³/mol. The molecule has 0 aliphatic rings. The monoisotopic (exact) mass is 301 g/mol. The third kappa shape index (κ3) is 3.91. The van der Waals surface area contributed by atoms with E-state index in [1.165, 1.54) is 12.1 Å². The molecule has 1 atom stereocenters. The van der Waals surface area contributed by atoms with Crippen molar-refractivity contribution in [2.24, 2.45) is 0 Å². The number of carbonyl (C=O) groups is 2. The number of amides is 1. The number of carboxylic acids is 1. The number of carbonyl (C=O) groups excluding carboxylic acids is 1. The lowest BCUT2D eigenvalue weighted by atomic mass is 10.0. The number of hydrogen-bond acceptors (Lipinski definition) is 2. The smallest absolute Gasteiger partial charge is 0.326 e. The van der Waals surface area contributed by atoms with Gasteiger partial charge in [0, 0.05) is 12.0 Å². The van der Waals surface area contributed by atoms with Gasteiger partial charge in [0.25, 0.3) is 5.91 Å². The highest BCUT2D eigenvalue weighted by Gasteiger charge is 2.21. The Morgan fingerprint density at radius 1 is 1.14 bits per heavy atom. The van der Waals surface area contributed by atoms with Crippen LogP contribution in [0.2, 0.25) is 0 Å². The Morgan fingerprint density at radius 2 is 1.77 bits per heavy atom. The second kappa shape index (κ2) is 6.85. The quantitative estimate of drug-likeness (QED) is 0.892. The zero-order chi connectivity index (χ0) is 16.1. The van der Waals surface area contributed by atoms with E-state index in [-0.39, 0.29) is 12.0 Å². The summed E-state index contributed by atoms with van der Waals surface area (Å²) < 4.78 is 12.8. The number of aliphatic carboxylic acids is 1. The van der Waals surface area contributed by atoms with E-state index >= 15 is 0 Å². The van der Waals surface area contributed by atoms with Gasteiger partial charge in [0.15, 0.2) is 0 Å². The second-order valence-corrected chi connectivity index (χ2v) is 5.00. The molecule has 2 aromatic rings. The molecule has 4 nitrogen and oxygen atoms in total. The molecule has 2 rings (SSSR count). The minimum atomic E-state index is -1.11. The Kier molecular flexibility index (Phi) is 4.88. The maximum atomic E-state index is 12.8. The van der Waals surface area contributed by atoms with Crippen molar-refractivity contribution in [1.29, 1.82) is 0 Å². The molecule has 0 aliphatic carbocycles. The van der Waals surface area contributed by atoms with Crippen molar-refractivity contribution in [3.8, 4) is 0 Å². The van der Waals surface area contributed by atoms with Crippen LogP contribution in [0.15, 0.2) is 48.5 Å². The van der Waals surface area contributed by atoms with Gasteiger partial charge < -0.3 is 10.4 Å². The highest BCUT2D eigenvalue weighted by Crippen LogP contribution is 2.11. The van der Waals surface area contributed by atoms with Crippen LogP contribution < -0.4 is 5.32 Å². The first-order valence-electron chi connectivity index (χ1n) is 6.81. The van der Waals surface area contributed by atoms with Gasteiger partial charge in [0.2, 0.25) is 0 Å². The van der Waals surface area contributed by atoms with Crippen molar-refractivity contribution in [2.75, 3.05) is 0 Å². The molecule has 0 heterocycles. The van der Waals surface area contributed by atoms with Gasteiger partial charge in [-0.25, -0.2) is 9.18 Å². The lowest BCUT2D eigenvalue weighted by Gasteiger charge is -2.16. The van der Waals surface area contributed by atoms with Crippen molar-refractivity contribution in [3.05, 3.63) is 71.0 Å². The first-order valence-corrected chi connectivity index (χ1v) is 6.81. The Bertz CT molecular complexity index is 683. The average molecular weight is 301 g/mol. The summed E-state index contributed by atoms with van der Waals surface area (Å²) in [5.74, 6) is -2.11. The molecule has 0 saturated heterocycles. The Hall–Kier alpha value is -2.69. The molecule has 0 bridgehead atoms. The van der Waals surface area contributed by atoms with E-state index in [1.807, 2.05) is 31.2 Å². The highest BCUT2D eigenvalue weighted by molar-refractivity contribution is 5.96. The van der Waals surface area contributed by atoms with Gasteiger partial charge in [-0.3, -0.25) is 4.79 Å². The van der Waals surface area contributed by atoms with Crippen LogP contribution in [0.5, 0.6) is 0 Å². The average Bonchev–Trinajstić information content (AvgIpc) is 2.49. The number of rotatable bonds is 5. The third-order valence-electron chi connectivity index (χ3n) is 3.40. The molecule has 0 unspecified atom stereocenters. The Morgan fingerprint density at radius 3 is 2.36 bits per heavy atom. The van der Waals surface area contributed by atoms with Crippen molar-refractivity contribution in [3.63, 3.8) is 0 Å². The fourth-order valence-corrected chi connectivity index (χ4v) is 2.10. The van der Waals surface area contributed by atoms with Crippen LogP contribution in [0.3, 0.4) is 0 Å². The zero-order valence-corrected chi connectivity index (χ0v) is 12.0. The van der Waals surface area contributed by atoms with Crippen molar-refractivity contribution < 1.29 is 19.1 Å². The number of halogens is 1. The number of carboxylic acid groups (broad SMARTS) is 1. The van der Waals surface area contributed by atoms with Crippen LogP contribution in [0.4, 0.5) is 4.39 Å². The molecule has 0 radical (unpaired) electrons. The summed E-state index contributed by atoms with van der Waals surface area (Å²) in [5.41, 5.74) is 2.04. The topological polar surface area (TPSA) is 66.4 Å². The van der Waals surface area contributed by atoms with E-state index in [0.717, 1.165) is 23.3 Å². The molecule has 5 heteroatoms. The molecule has 0 spiro atoms. The number of benzene rings is 2. The Labute approximate surface area is 127 Å². The fourth-order valence-electron chi connectivity index (χ4n) is 2.10. The highest BCUT2D eigenvalue weighted by atomic mass is 19.1. The molecular weight excluding hydrogens is 285 g/mol. The molecular formula is C17H16FNO3. The summed E-state index contributed by atoms with van der Waals surface area (Å²) in [5, 5.41) is 11.8. The second-order valence-electron chi connectivity index (χ2n) is 5.00. The standard InChI is InChI=1S/C17H16FNO3/c1-11-4-2-3-5-13(11)10-15(17(21)22)19-16(20)12-6-8-14(18)9-7-12/h2-9,15H,10H2,1H3,(H,19,20)(H,21,22)/t15-/m0/s1. The van der Waals surface area contributed by atoms with E-state index in [9.17, 15) is 19.1 Å². The summed E-state index contributed by atoms with van der Waals surface area (Å²) in [6.07, 6.45) is 0.189. The van der Waals surface area contributed by atoms with Crippen LogP contribution in [-0.4, -0.2) is 23.0 Å². The summed E-state index contributed by atoms with van der Waals surface area (Å²) in [6, 6.07) is 11.3. The molecule has 0 fully saturated rings. The van der Waals surface area contributed by atoms with Crippen LogP contribution in [0.25, 0.3) is 0 Å². The zero-order valence-electron chi connectivity index (χ0n) is 12.0. The van der Waals surface area contributed by atoms with Gasteiger partial charge >= 0.3 is 5.97 Å². The SMILES string of the molecule is Cc1ccccc1C[C@H](NC(=O)c1ccc(F)cc1)C(=O)O. The molecule has 2 N–H and O–H groups in total. The van der Waals surface area contributed by atoms with Crippen molar-refractivity contribution >= 4 is 11.9 Å². The Balaban J connectivity index is 2.12. The number of hydrogen-bond donors (Lipinski definition) is 2. The van der Waals surface area contributed by atoms with E-state index in [0.29, 0.717) is 0 Å². The van der Waals surface area contributed by atoms with Crippen LogP contribution in [0, 0.1) is 12.7 Å². The number of aryl methyl sites for hydroxylation is 1. The molecule has 22 heavy (non-hydrogen) atoms. The van der Waals surface area contributed by atoms with E-state index in [1.54, 1.807) is 0 Å². The lowest BCUT2D eigenvalue weighted by Crippen LogP contribution is -2.42. The largest absolute Gasteiger partial charge is 0.480 e. The van der Waals surface area contributed by atoms with Crippen LogP contribution >= 0.6 is 0 Å². The van der Waals surface area contributed by atoms with Crippen LogP contribution in [0.1, 0.15) is 21.5 Å². The molecule has 0 aliphatic heterocycles. The minimum Gasteiger partial charge on any atom is -0.480 e. The molecule has 0 saturated carbocycles. The van der Waals surface area contributed by atoms with Gasteiger partial charge in [-0.05, 0) is 42.3 Å². The number of nitrogens with one attached hydrogen (secondary N) is 1. The minimum absolute atomic E-state index is 0.189. The summed E-state index contributed by atoms with van der Waals surface area (Å²) in [6.45, 7) is 1.88. The van der Waals surface area contributed by atoms with Crippen molar-refractivity contribution in [2.45, 2.75) is 19.4 Å². The first-order chi connectivity index (χ1) is 10.5. The molecule has 114 valence electrons. The maximum absolute atomic E-state index is 12.8. The van der Waals surface area contributed by atoms with E-state index < -0.39 is 23.7 Å². The van der Waals surface area contributed by atoms with E-state index in [2.05, 4.69) is 5.32 Å². The fraction of sp³-hybridized carbons (Fsp3) is 0.176. The van der Waals surface area contributed by atoms with Gasteiger partial charge in [-0.2, -0.15) is 0 Å². The van der Waals surface area contributed by atoms with Gasteiger partial charge in [-0.1, -0.05) is 24.3 Å². The lowest BCUT2D eigenvalue weighted by molar-refractivity contribution is -0.139. The summed E-state index contributed by atoms with van der Waals surface area (Å²) >= 11 is 0. The van der Waals surface area contributed by atoms with Crippen molar-refractivity contribution in [1.82, 2.24) is 5.32 Å². The van der Waals surface area contributed by atoms with Gasteiger partial charge in [0.1, 0.15) is 11.9 Å². The van der Waals surface area contributed by atoms with E-state index in [4.69, 9.17) is 0 Å². The summed E-state index contributed by atoms with van der Waals surface area (Å²) in [7, 11) is 0. The predicted octanol–water partition coefficient (Wildman–Crippen LogP) is 2.56. The molecule has 0 aromatic heterocycles. The third-order valence-corrected chi connectivity index (χ3v) is 3.40. The summed E-state index contributed by atoms with van der Waals surface area (Å²) in [4.78, 5) is 23.4. The molecule has 2 aromatic carbocycles. The van der Waals surface area contributed by atoms with Gasteiger partial charge in [-0.15, -0.1) is 0 Å². The first kappa shape index (κ1) is 15.7.